The lowest BCUT2D eigenvalue weighted by Crippen LogP contribution is -2.44. The second-order valence-electron chi connectivity index (χ2n) is 5.50. The van der Waals surface area contributed by atoms with Crippen LogP contribution in [0.15, 0.2) is 29.3 Å². The summed E-state index contributed by atoms with van der Waals surface area (Å²) < 4.78 is 5.34. The first-order chi connectivity index (χ1) is 10.7. The maximum atomic E-state index is 6.11. The van der Waals surface area contributed by atoms with Gasteiger partial charge < -0.3 is 15.4 Å². The second kappa shape index (κ2) is 8.76. The molecule has 0 atom stereocenters. The van der Waals surface area contributed by atoms with Crippen LogP contribution in [0.5, 0.6) is 0 Å². The summed E-state index contributed by atoms with van der Waals surface area (Å²) >= 11 is 0. The van der Waals surface area contributed by atoms with Gasteiger partial charge in [-0.2, -0.15) is 0 Å². The average molecular weight is 304 g/mol. The van der Waals surface area contributed by atoms with Gasteiger partial charge in [-0.15, -0.1) is 0 Å². The molecule has 0 bridgehead atoms. The monoisotopic (exact) mass is 304 g/mol. The molecule has 0 saturated carbocycles. The Labute approximate surface area is 133 Å². The summed E-state index contributed by atoms with van der Waals surface area (Å²) in [5.41, 5.74) is 8.70. The van der Waals surface area contributed by atoms with Gasteiger partial charge in [0.15, 0.2) is 5.96 Å². The lowest BCUT2D eigenvalue weighted by atomic mass is 10.1. The van der Waals surface area contributed by atoms with Crippen molar-refractivity contribution in [1.82, 2.24) is 9.80 Å². The van der Waals surface area contributed by atoms with Crippen LogP contribution >= 0.6 is 0 Å². The van der Waals surface area contributed by atoms with Crippen molar-refractivity contribution in [2.24, 2.45) is 10.7 Å². The predicted molar refractivity (Wildman–Crippen MR) is 90.8 cm³/mol. The number of hydrogen-bond acceptors (Lipinski definition) is 3. The van der Waals surface area contributed by atoms with Gasteiger partial charge in [-0.1, -0.05) is 38.1 Å². The van der Waals surface area contributed by atoms with E-state index in [1.165, 1.54) is 11.1 Å². The highest BCUT2D eigenvalue weighted by molar-refractivity contribution is 5.78. The van der Waals surface area contributed by atoms with Crippen LogP contribution in [0.4, 0.5) is 0 Å². The molecular weight excluding hydrogens is 276 g/mol. The number of benzene rings is 1. The summed E-state index contributed by atoms with van der Waals surface area (Å²) in [6.07, 6.45) is 0. The van der Waals surface area contributed by atoms with Gasteiger partial charge in [0, 0.05) is 19.6 Å². The fraction of sp³-hybridized carbons (Fsp3) is 0.588. The highest BCUT2D eigenvalue weighted by Gasteiger charge is 2.12. The first kappa shape index (κ1) is 16.8. The lowest BCUT2D eigenvalue weighted by Gasteiger charge is -2.27. The minimum absolute atomic E-state index is 0.626. The van der Waals surface area contributed by atoms with Gasteiger partial charge in [0.2, 0.25) is 0 Å². The summed E-state index contributed by atoms with van der Waals surface area (Å²) in [5.74, 6) is 0.626. The van der Waals surface area contributed by atoms with Crippen LogP contribution in [0.2, 0.25) is 0 Å². The number of nitrogens with two attached hydrogens (primary N) is 1. The van der Waals surface area contributed by atoms with E-state index in [2.05, 4.69) is 52.9 Å². The number of hydrogen-bond donors (Lipinski definition) is 1. The molecule has 1 aromatic rings. The molecule has 1 aliphatic rings. The summed E-state index contributed by atoms with van der Waals surface area (Å²) in [7, 11) is 0. The molecule has 1 fully saturated rings. The van der Waals surface area contributed by atoms with Crippen molar-refractivity contribution in [3.63, 3.8) is 0 Å². The molecule has 5 nitrogen and oxygen atoms in total. The number of aliphatic imine (C=N–C) groups is 1. The topological polar surface area (TPSA) is 54.1 Å². The van der Waals surface area contributed by atoms with Crippen molar-refractivity contribution in [2.45, 2.75) is 26.9 Å². The maximum Gasteiger partial charge on any atom is 0.191 e. The Balaban J connectivity index is 2.02. The van der Waals surface area contributed by atoms with E-state index in [0.29, 0.717) is 12.5 Å². The molecular formula is C17H28N4O. The zero-order valence-corrected chi connectivity index (χ0v) is 13.8. The Morgan fingerprint density at radius 2 is 1.82 bits per heavy atom. The number of nitrogens with zero attached hydrogens (tertiary/aromatic N) is 3. The molecule has 0 amide bonds. The molecule has 5 heteroatoms. The average Bonchev–Trinajstić information content (AvgIpc) is 2.59. The minimum Gasteiger partial charge on any atom is -0.378 e. The van der Waals surface area contributed by atoms with Crippen LogP contribution < -0.4 is 5.73 Å². The molecule has 1 saturated heterocycles. The van der Waals surface area contributed by atoms with Gasteiger partial charge in [0.1, 0.15) is 0 Å². The van der Waals surface area contributed by atoms with E-state index in [1.54, 1.807) is 0 Å². The molecule has 0 aromatic heterocycles. The molecule has 122 valence electrons. The van der Waals surface area contributed by atoms with Gasteiger partial charge in [0.05, 0.1) is 19.8 Å². The number of guanidine groups is 1. The van der Waals surface area contributed by atoms with Crippen molar-refractivity contribution in [3.05, 3.63) is 35.4 Å². The summed E-state index contributed by atoms with van der Waals surface area (Å²) in [4.78, 5) is 9.09. The van der Waals surface area contributed by atoms with E-state index < -0.39 is 0 Å². The molecule has 1 aromatic carbocycles. The molecule has 1 heterocycles. The number of rotatable bonds is 6. The SMILES string of the molecule is CCN(CC)Cc1ccccc1CN=C(N)N1CCOCC1. The quantitative estimate of drug-likeness (QED) is 0.642. The molecule has 0 aliphatic carbocycles. The normalized spacial score (nSPS) is 16.3. The van der Waals surface area contributed by atoms with Crippen molar-refractivity contribution in [1.29, 1.82) is 0 Å². The second-order valence-corrected chi connectivity index (χ2v) is 5.50. The van der Waals surface area contributed by atoms with E-state index in [-0.39, 0.29) is 0 Å². The highest BCUT2D eigenvalue weighted by atomic mass is 16.5. The van der Waals surface area contributed by atoms with Crippen molar-refractivity contribution >= 4 is 5.96 Å². The van der Waals surface area contributed by atoms with E-state index in [9.17, 15) is 0 Å². The number of morpholine rings is 1. The molecule has 0 spiro atoms. The predicted octanol–water partition coefficient (Wildman–Crippen LogP) is 1.68. The summed E-state index contributed by atoms with van der Waals surface area (Å²) in [6, 6.07) is 8.50. The Hall–Kier alpha value is -1.59. The smallest absolute Gasteiger partial charge is 0.191 e. The summed E-state index contributed by atoms with van der Waals surface area (Å²) in [6.45, 7) is 11.2. The first-order valence-corrected chi connectivity index (χ1v) is 8.16. The van der Waals surface area contributed by atoms with Crippen molar-refractivity contribution in [2.75, 3.05) is 39.4 Å². The van der Waals surface area contributed by atoms with E-state index in [4.69, 9.17) is 10.5 Å². The minimum atomic E-state index is 0.626. The Bertz CT molecular complexity index is 479. The van der Waals surface area contributed by atoms with Gasteiger partial charge in [-0.25, -0.2) is 4.99 Å². The van der Waals surface area contributed by atoms with Crippen LogP contribution in [0.25, 0.3) is 0 Å². The maximum absolute atomic E-state index is 6.11. The molecule has 2 rings (SSSR count). The Morgan fingerprint density at radius 3 is 2.45 bits per heavy atom. The van der Waals surface area contributed by atoms with Crippen molar-refractivity contribution in [3.8, 4) is 0 Å². The van der Waals surface area contributed by atoms with E-state index in [1.807, 2.05) is 0 Å². The fourth-order valence-corrected chi connectivity index (χ4v) is 2.61. The van der Waals surface area contributed by atoms with E-state index in [0.717, 1.165) is 45.9 Å². The van der Waals surface area contributed by atoms with Gasteiger partial charge >= 0.3 is 0 Å². The Kier molecular flexibility index (Phi) is 6.68. The van der Waals surface area contributed by atoms with Gasteiger partial charge in [0.25, 0.3) is 0 Å². The molecule has 1 aliphatic heterocycles. The van der Waals surface area contributed by atoms with Crippen LogP contribution in [-0.2, 0) is 17.8 Å². The summed E-state index contributed by atoms with van der Waals surface area (Å²) in [5, 5.41) is 0. The largest absolute Gasteiger partial charge is 0.378 e. The number of ether oxygens (including phenoxy) is 1. The van der Waals surface area contributed by atoms with Crippen molar-refractivity contribution < 1.29 is 4.74 Å². The van der Waals surface area contributed by atoms with Crippen LogP contribution in [0, 0.1) is 0 Å². The third kappa shape index (κ3) is 4.71. The van der Waals surface area contributed by atoms with Gasteiger partial charge in [-0.05, 0) is 24.2 Å². The van der Waals surface area contributed by atoms with Gasteiger partial charge in [-0.3, -0.25) is 4.90 Å². The lowest BCUT2D eigenvalue weighted by molar-refractivity contribution is 0.0674. The van der Waals surface area contributed by atoms with E-state index >= 15 is 0 Å². The molecule has 0 radical (unpaired) electrons. The van der Waals surface area contributed by atoms with Crippen LogP contribution in [0.1, 0.15) is 25.0 Å². The standard InChI is InChI=1S/C17H28N4O/c1-3-20(4-2)14-16-8-6-5-7-15(16)13-19-17(18)21-9-11-22-12-10-21/h5-8H,3-4,9-14H2,1-2H3,(H2,18,19). The molecule has 2 N–H and O–H groups in total. The third-order valence-electron chi connectivity index (χ3n) is 4.15. The van der Waals surface area contributed by atoms with Crippen LogP contribution in [0.3, 0.4) is 0 Å². The molecule has 0 unspecified atom stereocenters. The Morgan fingerprint density at radius 1 is 1.18 bits per heavy atom. The highest BCUT2D eigenvalue weighted by Crippen LogP contribution is 2.13. The third-order valence-corrected chi connectivity index (χ3v) is 4.15. The first-order valence-electron chi connectivity index (χ1n) is 8.16. The fourth-order valence-electron chi connectivity index (χ4n) is 2.61. The van der Waals surface area contributed by atoms with Crippen LogP contribution in [-0.4, -0.2) is 55.2 Å². The zero-order chi connectivity index (χ0) is 15.8. The zero-order valence-electron chi connectivity index (χ0n) is 13.8. The molecule has 22 heavy (non-hydrogen) atoms.